The van der Waals surface area contributed by atoms with E-state index in [2.05, 4.69) is 4.98 Å². The summed E-state index contributed by atoms with van der Waals surface area (Å²) in [5.41, 5.74) is 6.62. The van der Waals surface area contributed by atoms with Crippen molar-refractivity contribution in [2.45, 2.75) is 12.3 Å². The summed E-state index contributed by atoms with van der Waals surface area (Å²) in [5.74, 6) is 1.63. The summed E-state index contributed by atoms with van der Waals surface area (Å²) in [7, 11) is 1.61. The van der Waals surface area contributed by atoms with E-state index in [9.17, 15) is 0 Å². The number of ether oxygens (including phenoxy) is 1. The molecule has 0 aliphatic heterocycles. The second-order valence-corrected chi connectivity index (χ2v) is 3.96. The lowest BCUT2D eigenvalue weighted by molar-refractivity contribution is 0.392. The predicted molar refractivity (Wildman–Crippen MR) is 55.7 cm³/mol. The fourth-order valence-electron chi connectivity index (χ4n) is 1.79. The minimum Gasteiger partial charge on any atom is -0.481 e. The molecule has 1 aromatic heterocycles. The van der Waals surface area contributed by atoms with Gasteiger partial charge in [0.1, 0.15) is 0 Å². The number of nitrogens with two attached hydrogens (primary N) is 1. The first-order valence-corrected chi connectivity index (χ1v) is 5.04. The molecule has 1 heterocycles. The van der Waals surface area contributed by atoms with Crippen molar-refractivity contribution in [3.8, 4) is 5.88 Å². The quantitative estimate of drug-likeness (QED) is 0.832. The van der Waals surface area contributed by atoms with Crippen LogP contribution in [0.25, 0.3) is 0 Å². The summed E-state index contributed by atoms with van der Waals surface area (Å²) in [6.07, 6.45) is 2.75. The number of halogens is 1. The Morgan fingerprint density at radius 2 is 2.50 bits per heavy atom. The first-order chi connectivity index (χ1) is 6.77. The average Bonchev–Trinajstić information content (AvgIpc) is 2.96. The first-order valence-electron chi connectivity index (χ1n) is 4.66. The van der Waals surface area contributed by atoms with Crippen LogP contribution in [-0.2, 0) is 0 Å². The van der Waals surface area contributed by atoms with Crippen LogP contribution in [0.1, 0.15) is 17.9 Å². The minimum atomic E-state index is 0.441. The molecule has 76 valence electrons. The molecule has 4 heteroatoms. The molecule has 0 unspecified atom stereocenters. The third kappa shape index (κ3) is 1.57. The van der Waals surface area contributed by atoms with E-state index in [1.54, 1.807) is 19.4 Å². The zero-order valence-corrected chi connectivity index (χ0v) is 8.79. The van der Waals surface area contributed by atoms with E-state index >= 15 is 0 Å². The maximum Gasteiger partial charge on any atom is 0.218 e. The summed E-state index contributed by atoms with van der Waals surface area (Å²) in [5, 5.41) is 0.734. The summed E-state index contributed by atoms with van der Waals surface area (Å²) < 4.78 is 5.18. The number of rotatable bonds is 3. The number of hydrogen-bond acceptors (Lipinski definition) is 3. The fourth-order valence-corrected chi connectivity index (χ4v) is 2.07. The van der Waals surface area contributed by atoms with Gasteiger partial charge in [0.05, 0.1) is 12.1 Å². The minimum absolute atomic E-state index is 0.441. The number of aromatic nitrogens is 1. The van der Waals surface area contributed by atoms with E-state index in [0.29, 0.717) is 24.3 Å². The van der Waals surface area contributed by atoms with Crippen molar-refractivity contribution in [1.82, 2.24) is 4.98 Å². The van der Waals surface area contributed by atoms with Gasteiger partial charge < -0.3 is 10.5 Å². The Hall–Kier alpha value is -0.800. The average molecular weight is 213 g/mol. The lowest BCUT2D eigenvalue weighted by Crippen LogP contribution is -2.03. The van der Waals surface area contributed by atoms with E-state index in [1.165, 1.54) is 0 Å². The van der Waals surface area contributed by atoms with Gasteiger partial charge in [0.25, 0.3) is 0 Å². The molecular weight excluding hydrogens is 200 g/mol. The maximum atomic E-state index is 6.10. The smallest absolute Gasteiger partial charge is 0.218 e. The van der Waals surface area contributed by atoms with Gasteiger partial charge in [-0.1, -0.05) is 11.6 Å². The topological polar surface area (TPSA) is 48.1 Å². The predicted octanol–water partition coefficient (Wildman–Crippen LogP) is 1.81. The monoisotopic (exact) mass is 212 g/mol. The van der Waals surface area contributed by atoms with Crippen LogP contribution < -0.4 is 10.5 Å². The molecule has 14 heavy (non-hydrogen) atoms. The highest BCUT2D eigenvalue weighted by molar-refractivity contribution is 6.31. The van der Waals surface area contributed by atoms with Gasteiger partial charge in [0.2, 0.25) is 5.88 Å². The van der Waals surface area contributed by atoms with Crippen LogP contribution in [-0.4, -0.2) is 18.6 Å². The summed E-state index contributed by atoms with van der Waals surface area (Å²) in [6, 6.07) is 1.80. The molecule has 0 amide bonds. The number of hydrogen-bond donors (Lipinski definition) is 1. The molecule has 0 spiro atoms. The second-order valence-electron chi connectivity index (χ2n) is 3.55. The van der Waals surface area contributed by atoms with Crippen molar-refractivity contribution in [3.63, 3.8) is 0 Å². The van der Waals surface area contributed by atoms with Crippen molar-refractivity contribution in [2.24, 2.45) is 11.7 Å². The van der Waals surface area contributed by atoms with Gasteiger partial charge in [-0.2, -0.15) is 0 Å². The van der Waals surface area contributed by atoms with Gasteiger partial charge >= 0.3 is 0 Å². The molecular formula is C10H13ClN2O. The zero-order chi connectivity index (χ0) is 10.1. The molecule has 2 rings (SSSR count). The van der Waals surface area contributed by atoms with E-state index in [1.807, 2.05) is 0 Å². The van der Waals surface area contributed by atoms with Crippen molar-refractivity contribution in [2.75, 3.05) is 13.7 Å². The molecule has 0 radical (unpaired) electrons. The third-order valence-corrected chi connectivity index (χ3v) is 3.02. The lowest BCUT2D eigenvalue weighted by atomic mass is 10.1. The highest BCUT2D eigenvalue weighted by atomic mass is 35.5. The van der Waals surface area contributed by atoms with Gasteiger partial charge in [0.15, 0.2) is 0 Å². The number of nitrogens with zero attached hydrogens (tertiary/aromatic N) is 1. The Bertz CT molecular complexity index is 343. The van der Waals surface area contributed by atoms with E-state index in [4.69, 9.17) is 22.1 Å². The molecule has 2 N–H and O–H groups in total. The summed E-state index contributed by atoms with van der Waals surface area (Å²) in [6.45, 7) is 0.707. The van der Waals surface area contributed by atoms with Crippen LogP contribution in [0, 0.1) is 5.92 Å². The Labute approximate surface area is 88.2 Å². The first kappa shape index (κ1) is 9.74. The van der Waals surface area contributed by atoms with Gasteiger partial charge in [-0.15, -0.1) is 0 Å². The summed E-state index contributed by atoms with van der Waals surface area (Å²) >= 11 is 6.10. The summed E-state index contributed by atoms with van der Waals surface area (Å²) in [4.78, 5) is 4.14. The van der Waals surface area contributed by atoms with Crippen LogP contribution in [0.5, 0.6) is 5.88 Å². The molecule has 0 saturated heterocycles. The van der Waals surface area contributed by atoms with Crippen LogP contribution in [0.15, 0.2) is 12.3 Å². The highest BCUT2D eigenvalue weighted by Crippen LogP contribution is 2.51. The molecule has 1 aromatic rings. The highest BCUT2D eigenvalue weighted by Gasteiger charge is 2.40. The van der Waals surface area contributed by atoms with Gasteiger partial charge in [-0.25, -0.2) is 4.98 Å². The normalized spacial score (nSPS) is 24.8. The van der Waals surface area contributed by atoms with E-state index in [0.717, 1.165) is 17.0 Å². The molecule has 0 aromatic carbocycles. The Kier molecular flexibility index (Phi) is 2.61. The van der Waals surface area contributed by atoms with Crippen molar-refractivity contribution >= 4 is 11.6 Å². The molecule has 1 aliphatic carbocycles. The second kappa shape index (κ2) is 3.75. The van der Waals surface area contributed by atoms with E-state index in [-0.39, 0.29) is 0 Å². The van der Waals surface area contributed by atoms with Crippen molar-refractivity contribution in [3.05, 3.63) is 22.8 Å². The van der Waals surface area contributed by atoms with Crippen LogP contribution >= 0.6 is 11.6 Å². The molecule has 0 bridgehead atoms. The Morgan fingerprint density at radius 1 is 1.71 bits per heavy atom. The van der Waals surface area contributed by atoms with Crippen LogP contribution in [0.4, 0.5) is 0 Å². The largest absolute Gasteiger partial charge is 0.481 e. The SMILES string of the molecule is COc1nccc(Cl)c1[C@@H]1C[C@H]1CN. The number of pyridine rings is 1. The van der Waals surface area contributed by atoms with Gasteiger partial charge in [-0.05, 0) is 30.9 Å². The third-order valence-electron chi connectivity index (χ3n) is 2.69. The Morgan fingerprint density at radius 3 is 3.07 bits per heavy atom. The molecule has 1 aliphatic rings. The molecule has 1 fully saturated rings. The van der Waals surface area contributed by atoms with Crippen LogP contribution in [0.2, 0.25) is 5.02 Å². The van der Waals surface area contributed by atoms with Crippen molar-refractivity contribution < 1.29 is 4.74 Å². The fraction of sp³-hybridized carbons (Fsp3) is 0.500. The zero-order valence-electron chi connectivity index (χ0n) is 8.03. The Balaban J connectivity index is 2.32. The number of methoxy groups -OCH3 is 1. The maximum absolute atomic E-state index is 6.10. The van der Waals surface area contributed by atoms with E-state index < -0.39 is 0 Å². The molecule has 1 saturated carbocycles. The van der Waals surface area contributed by atoms with Gasteiger partial charge in [-0.3, -0.25) is 0 Å². The van der Waals surface area contributed by atoms with Crippen LogP contribution in [0.3, 0.4) is 0 Å². The standard InChI is InChI=1S/C10H13ClN2O/c1-14-10-9(7-4-6(7)5-12)8(11)2-3-13-10/h2-3,6-7H,4-5,12H2,1H3/t6-,7+/m0/s1. The van der Waals surface area contributed by atoms with Crippen molar-refractivity contribution in [1.29, 1.82) is 0 Å². The lowest BCUT2D eigenvalue weighted by Gasteiger charge is -2.08. The molecule has 3 nitrogen and oxygen atoms in total. The molecule has 2 atom stereocenters. The van der Waals surface area contributed by atoms with Gasteiger partial charge in [0, 0.05) is 11.8 Å².